The molecule has 9 heteroatoms. The van der Waals surface area contributed by atoms with Crippen molar-refractivity contribution in [2.75, 3.05) is 0 Å². The summed E-state index contributed by atoms with van der Waals surface area (Å²) < 4.78 is 41.7. The quantitative estimate of drug-likeness (QED) is 0.648. The Balaban J connectivity index is 2.29. The molecular formula is C10H6ClF3N2O3. The van der Waals surface area contributed by atoms with Crippen LogP contribution in [0, 0.1) is 0 Å². The molecule has 0 bridgehead atoms. The zero-order chi connectivity index (χ0) is 14.3. The highest BCUT2D eigenvalue weighted by Crippen LogP contribution is 2.35. The molecule has 0 radical (unpaired) electrons. The van der Waals surface area contributed by atoms with Crippen LogP contribution < -0.4 is 5.43 Å². The van der Waals surface area contributed by atoms with Gasteiger partial charge in [0.05, 0.1) is 5.56 Å². The molecule has 1 atom stereocenters. The molecule has 2 N–H and O–H groups in total. The van der Waals surface area contributed by atoms with E-state index in [1.807, 2.05) is 5.43 Å². The van der Waals surface area contributed by atoms with E-state index in [4.69, 9.17) is 16.7 Å². The van der Waals surface area contributed by atoms with Crippen LogP contribution in [-0.4, -0.2) is 23.1 Å². The highest BCUT2D eigenvalue weighted by atomic mass is 35.5. The molecule has 1 aromatic rings. The van der Waals surface area contributed by atoms with Crippen molar-refractivity contribution in [3.05, 3.63) is 35.4 Å². The van der Waals surface area contributed by atoms with Gasteiger partial charge in [-0.2, -0.15) is 13.2 Å². The number of aromatic carboxylic acids is 1. The largest absolute Gasteiger partial charge is 0.478 e. The van der Waals surface area contributed by atoms with E-state index in [1.54, 1.807) is 0 Å². The van der Waals surface area contributed by atoms with Crippen LogP contribution in [0.2, 0.25) is 0 Å². The molecule has 2 rings (SSSR count). The maximum absolute atomic E-state index is 12.4. The van der Waals surface area contributed by atoms with Gasteiger partial charge in [0.1, 0.15) is 0 Å². The number of ether oxygens (including phenoxy) is 1. The van der Waals surface area contributed by atoms with Crippen LogP contribution in [0.1, 0.15) is 15.9 Å². The molecule has 0 saturated carbocycles. The van der Waals surface area contributed by atoms with Gasteiger partial charge in [-0.1, -0.05) is 12.1 Å². The van der Waals surface area contributed by atoms with E-state index in [0.29, 0.717) is 0 Å². The smallest absolute Gasteiger partial charge is 0.470 e. The van der Waals surface area contributed by atoms with Gasteiger partial charge in [0.25, 0.3) is 0 Å². The predicted molar refractivity (Wildman–Crippen MR) is 58.6 cm³/mol. The fourth-order valence-electron chi connectivity index (χ4n) is 1.40. The lowest BCUT2D eigenvalue weighted by molar-refractivity contribution is -0.0825. The van der Waals surface area contributed by atoms with Gasteiger partial charge in [0.15, 0.2) is 0 Å². The Kier molecular flexibility index (Phi) is 3.05. The van der Waals surface area contributed by atoms with Crippen LogP contribution >= 0.6 is 11.6 Å². The Morgan fingerprint density at radius 2 is 2.16 bits per heavy atom. The van der Waals surface area contributed by atoms with Crippen molar-refractivity contribution >= 4 is 23.5 Å². The monoisotopic (exact) mass is 294 g/mol. The van der Waals surface area contributed by atoms with Crippen molar-refractivity contribution in [1.82, 2.24) is 5.43 Å². The molecule has 1 heterocycles. The predicted octanol–water partition coefficient (Wildman–Crippen LogP) is 2.23. The molecule has 0 amide bonds. The zero-order valence-corrected chi connectivity index (χ0v) is 9.79. The SMILES string of the molecule is O=C(O)c1cccc(C2(Cl)NN=C(C(F)(F)F)O2)c1. The zero-order valence-electron chi connectivity index (χ0n) is 9.03. The lowest BCUT2D eigenvalue weighted by atomic mass is 10.1. The topological polar surface area (TPSA) is 70.9 Å². The molecule has 5 nitrogen and oxygen atoms in total. The van der Waals surface area contributed by atoms with E-state index >= 15 is 0 Å². The summed E-state index contributed by atoms with van der Waals surface area (Å²) in [5.41, 5.74) is 1.85. The average molecular weight is 295 g/mol. The van der Waals surface area contributed by atoms with Crippen molar-refractivity contribution < 1.29 is 27.8 Å². The number of hydrogen-bond donors (Lipinski definition) is 2. The second kappa shape index (κ2) is 4.30. The standard InChI is InChI=1S/C10H6ClF3N2O3/c11-9(16-15-8(19-9)10(12,13)14)6-3-1-2-5(4-6)7(17)18/h1-4,16H,(H,17,18). The van der Waals surface area contributed by atoms with Crippen LogP contribution in [0.5, 0.6) is 0 Å². The minimum atomic E-state index is -4.78. The second-order valence-corrected chi connectivity index (χ2v) is 4.14. The van der Waals surface area contributed by atoms with Crippen LogP contribution in [0.3, 0.4) is 0 Å². The second-order valence-electron chi connectivity index (χ2n) is 3.61. The number of alkyl halides is 4. The summed E-state index contributed by atoms with van der Waals surface area (Å²) in [5, 5.41) is 9.68. The van der Waals surface area contributed by atoms with Gasteiger partial charge >= 0.3 is 23.2 Å². The van der Waals surface area contributed by atoms with Crippen LogP contribution in [0.15, 0.2) is 29.4 Å². The van der Waals surface area contributed by atoms with Gasteiger partial charge < -0.3 is 9.84 Å². The fourth-order valence-corrected chi connectivity index (χ4v) is 1.63. The van der Waals surface area contributed by atoms with Crippen molar-refractivity contribution in [2.24, 2.45) is 5.10 Å². The number of carboxylic acids is 1. The Hall–Kier alpha value is -1.96. The fraction of sp³-hybridized carbons (Fsp3) is 0.200. The number of nitrogens with zero attached hydrogens (tertiary/aromatic N) is 1. The lowest BCUT2D eigenvalue weighted by Crippen LogP contribution is -2.34. The van der Waals surface area contributed by atoms with Gasteiger partial charge in [-0.25, -0.2) is 10.2 Å². The molecule has 0 saturated heterocycles. The molecule has 0 fully saturated rings. The van der Waals surface area contributed by atoms with Crippen molar-refractivity contribution in [3.8, 4) is 0 Å². The number of rotatable bonds is 2. The van der Waals surface area contributed by atoms with Gasteiger partial charge in [0, 0.05) is 5.56 Å². The first-order valence-electron chi connectivity index (χ1n) is 4.86. The van der Waals surface area contributed by atoms with E-state index in [2.05, 4.69) is 9.84 Å². The molecule has 1 aliphatic rings. The lowest BCUT2D eigenvalue weighted by Gasteiger charge is -2.21. The number of hydrazone groups is 1. The first-order chi connectivity index (χ1) is 8.72. The molecule has 1 unspecified atom stereocenters. The molecular weight excluding hydrogens is 289 g/mol. The van der Waals surface area contributed by atoms with Gasteiger partial charge in [-0.15, -0.1) is 5.10 Å². The molecule has 102 valence electrons. The number of hydrogen-bond acceptors (Lipinski definition) is 4. The number of carboxylic acid groups (broad SMARTS) is 1. The Morgan fingerprint density at radius 3 is 2.68 bits per heavy atom. The average Bonchev–Trinajstić information content (AvgIpc) is 2.73. The Morgan fingerprint density at radius 1 is 1.47 bits per heavy atom. The third kappa shape index (κ3) is 2.58. The maximum atomic E-state index is 12.4. The van der Waals surface area contributed by atoms with E-state index in [0.717, 1.165) is 6.07 Å². The number of benzene rings is 1. The molecule has 1 aliphatic heterocycles. The van der Waals surface area contributed by atoms with Crippen LogP contribution in [0.25, 0.3) is 0 Å². The summed E-state index contributed by atoms with van der Waals surface area (Å²) in [5.74, 6) is -2.76. The summed E-state index contributed by atoms with van der Waals surface area (Å²) in [6, 6.07) is 5.02. The minimum absolute atomic E-state index is 0.00272. The Labute approximate surface area is 109 Å². The molecule has 0 aromatic heterocycles. The Bertz CT molecular complexity index is 561. The summed E-state index contributed by atoms with van der Waals surface area (Å²) in [6.07, 6.45) is -4.78. The third-order valence-electron chi connectivity index (χ3n) is 2.26. The maximum Gasteiger partial charge on any atom is 0.470 e. The molecule has 0 aliphatic carbocycles. The highest BCUT2D eigenvalue weighted by Gasteiger charge is 2.49. The van der Waals surface area contributed by atoms with Gasteiger partial charge in [-0.05, 0) is 23.7 Å². The summed E-state index contributed by atoms with van der Waals surface area (Å²) in [4.78, 5) is 10.8. The normalized spacial score (nSPS) is 22.4. The summed E-state index contributed by atoms with van der Waals surface area (Å²) in [7, 11) is 0. The first kappa shape index (κ1) is 13.5. The van der Waals surface area contributed by atoms with Crippen LogP contribution in [-0.2, 0) is 9.92 Å². The first-order valence-corrected chi connectivity index (χ1v) is 5.24. The van der Waals surface area contributed by atoms with Crippen molar-refractivity contribution in [2.45, 2.75) is 11.4 Å². The van der Waals surface area contributed by atoms with E-state index < -0.39 is 23.2 Å². The van der Waals surface area contributed by atoms with E-state index in [1.165, 1.54) is 18.2 Å². The summed E-state index contributed by atoms with van der Waals surface area (Å²) >= 11 is 5.83. The van der Waals surface area contributed by atoms with Gasteiger partial charge in [0.2, 0.25) is 0 Å². The molecule has 19 heavy (non-hydrogen) atoms. The van der Waals surface area contributed by atoms with E-state index in [-0.39, 0.29) is 11.1 Å². The highest BCUT2D eigenvalue weighted by molar-refractivity contribution is 6.24. The number of nitrogens with one attached hydrogen (secondary N) is 1. The van der Waals surface area contributed by atoms with E-state index in [9.17, 15) is 18.0 Å². The van der Waals surface area contributed by atoms with Crippen LogP contribution in [0.4, 0.5) is 13.2 Å². The summed E-state index contributed by atoms with van der Waals surface area (Å²) in [6.45, 7) is 0. The van der Waals surface area contributed by atoms with Crippen molar-refractivity contribution in [1.29, 1.82) is 0 Å². The van der Waals surface area contributed by atoms with Crippen molar-refractivity contribution in [3.63, 3.8) is 0 Å². The number of halogens is 4. The third-order valence-corrected chi connectivity index (χ3v) is 2.64. The van der Waals surface area contributed by atoms with Gasteiger partial charge in [-0.3, -0.25) is 0 Å². The molecule has 1 aromatic carbocycles. The molecule has 0 spiro atoms. The number of carbonyl (C=O) groups is 1. The minimum Gasteiger partial charge on any atom is -0.478 e.